The Balaban J connectivity index is 1.45. The molecule has 0 aliphatic carbocycles. The first-order valence-electron chi connectivity index (χ1n) is 9.78. The Hall–Kier alpha value is -2.14. The lowest BCUT2D eigenvalue weighted by atomic mass is 10.1. The van der Waals surface area contributed by atoms with Gasteiger partial charge in [-0.05, 0) is 43.4 Å². The van der Waals surface area contributed by atoms with Gasteiger partial charge in [0.15, 0.2) is 0 Å². The molecule has 2 heterocycles. The summed E-state index contributed by atoms with van der Waals surface area (Å²) < 4.78 is 0. The molecule has 2 aromatic rings. The first-order valence-corrected chi connectivity index (χ1v) is 10.6. The maximum absolute atomic E-state index is 12.7. The van der Waals surface area contributed by atoms with Crippen LogP contribution in [-0.2, 0) is 17.6 Å². The molecule has 1 aliphatic rings. The van der Waals surface area contributed by atoms with E-state index in [4.69, 9.17) is 0 Å². The molecule has 0 bridgehead atoms. The summed E-state index contributed by atoms with van der Waals surface area (Å²) >= 11 is 1.59. The molecule has 1 saturated heterocycles. The number of carbonyl (C=O) groups is 2. The van der Waals surface area contributed by atoms with E-state index in [0.29, 0.717) is 32.6 Å². The van der Waals surface area contributed by atoms with E-state index in [-0.39, 0.29) is 11.8 Å². The van der Waals surface area contributed by atoms with Crippen LogP contribution in [0, 0.1) is 6.92 Å². The molecular weight excluding hydrogens is 356 g/mol. The first-order chi connectivity index (χ1) is 13.1. The van der Waals surface area contributed by atoms with Gasteiger partial charge in [0, 0.05) is 37.5 Å². The van der Waals surface area contributed by atoms with E-state index >= 15 is 0 Å². The lowest BCUT2D eigenvalue weighted by Crippen LogP contribution is -2.50. The SMILES string of the molecule is CCc1cc(C(=O)N2CCN(C(=O)CCCc3ccccc3)CC2)sc1C. The number of thiophene rings is 1. The van der Waals surface area contributed by atoms with Crippen LogP contribution in [-0.4, -0.2) is 47.8 Å². The van der Waals surface area contributed by atoms with Crippen molar-refractivity contribution in [2.45, 2.75) is 39.5 Å². The van der Waals surface area contributed by atoms with Gasteiger partial charge in [-0.2, -0.15) is 0 Å². The number of rotatable bonds is 6. The summed E-state index contributed by atoms with van der Waals surface area (Å²) in [6.07, 6.45) is 3.34. The summed E-state index contributed by atoms with van der Waals surface area (Å²) in [5.41, 5.74) is 2.54. The van der Waals surface area contributed by atoms with Crippen LogP contribution in [0.25, 0.3) is 0 Å². The van der Waals surface area contributed by atoms with Crippen molar-refractivity contribution < 1.29 is 9.59 Å². The highest BCUT2D eigenvalue weighted by molar-refractivity contribution is 7.14. The minimum Gasteiger partial charge on any atom is -0.339 e. The fraction of sp³-hybridized carbons (Fsp3) is 0.455. The largest absolute Gasteiger partial charge is 0.339 e. The van der Waals surface area contributed by atoms with Gasteiger partial charge in [0.05, 0.1) is 4.88 Å². The zero-order valence-electron chi connectivity index (χ0n) is 16.2. The Morgan fingerprint density at radius 2 is 1.70 bits per heavy atom. The van der Waals surface area contributed by atoms with Crippen LogP contribution in [0.1, 0.15) is 45.4 Å². The molecule has 144 valence electrons. The molecule has 0 atom stereocenters. The standard InChI is InChI=1S/C22H28N2O2S/c1-3-19-16-20(27-17(19)2)22(26)24-14-12-23(13-15-24)21(25)11-7-10-18-8-5-4-6-9-18/h4-6,8-9,16H,3,7,10-15H2,1-2H3. The van der Waals surface area contributed by atoms with E-state index in [2.05, 4.69) is 26.0 Å². The fourth-order valence-electron chi connectivity index (χ4n) is 3.54. The molecule has 1 aliphatic heterocycles. The molecule has 3 rings (SSSR count). The van der Waals surface area contributed by atoms with Crippen molar-refractivity contribution in [3.8, 4) is 0 Å². The van der Waals surface area contributed by atoms with Gasteiger partial charge in [-0.1, -0.05) is 37.3 Å². The van der Waals surface area contributed by atoms with Gasteiger partial charge in [-0.15, -0.1) is 11.3 Å². The monoisotopic (exact) mass is 384 g/mol. The second-order valence-corrected chi connectivity index (χ2v) is 8.31. The van der Waals surface area contributed by atoms with Crippen molar-refractivity contribution in [3.63, 3.8) is 0 Å². The van der Waals surface area contributed by atoms with Crippen molar-refractivity contribution in [2.75, 3.05) is 26.2 Å². The predicted molar refractivity (Wildman–Crippen MR) is 110 cm³/mol. The van der Waals surface area contributed by atoms with Crippen molar-refractivity contribution >= 4 is 23.2 Å². The molecule has 0 unspecified atom stereocenters. The molecule has 5 heteroatoms. The molecule has 4 nitrogen and oxygen atoms in total. The van der Waals surface area contributed by atoms with E-state index in [1.54, 1.807) is 11.3 Å². The summed E-state index contributed by atoms with van der Waals surface area (Å²) in [6.45, 7) is 6.73. The maximum Gasteiger partial charge on any atom is 0.264 e. The number of piperazine rings is 1. The van der Waals surface area contributed by atoms with Crippen LogP contribution in [0.3, 0.4) is 0 Å². The Kier molecular flexibility index (Phi) is 6.67. The summed E-state index contributed by atoms with van der Waals surface area (Å²) in [7, 11) is 0. The third kappa shape index (κ3) is 4.98. The van der Waals surface area contributed by atoms with Gasteiger partial charge < -0.3 is 9.80 Å². The van der Waals surface area contributed by atoms with E-state index in [1.165, 1.54) is 16.0 Å². The van der Waals surface area contributed by atoms with Gasteiger partial charge in [0.1, 0.15) is 0 Å². The highest BCUT2D eigenvalue weighted by Gasteiger charge is 2.25. The Labute approximate surface area is 165 Å². The average molecular weight is 385 g/mol. The van der Waals surface area contributed by atoms with E-state index in [9.17, 15) is 9.59 Å². The molecule has 27 heavy (non-hydrogen) atoms. The molecule has 0 spiro atoms. The predicted octanol–water partition coefficient (Wildman–Crippen LogP) is 3.93. The zero-order valence-corrected chi connectivity index (χ0v) is 17.1. The molecule has 1 aromatic heterocycles. The van der Waals surface area contributed by atoms with Crippen molar-refractivity contribution in [2.24, 2.45) is 0 Å². The summed E-state index contributed by atoms with van der Waals surface area (Å²) in [6, 6.07) is 12.3. The minimum absolute atomic E-state index is 0.110. The highest BCUT2D eigenvalue weighted by Crippen LogP contribution is 2.24. The second-order valence-electron chi connectivity index (χ2n) is 7.06. The van der Waals surface area contributed by atoms with Crippen molar-refractivity contribution in [1.29, 1.82) is 0 Å². The minimum atomic E-state index is 0.110. The smallest absolute Gasteiger partial charge is 0.264 e. The molecule has 1 fully saturated rings. The quantitative estimate of drug-likeness (QED) is 0.757. The molecule has 2 amide bonds. The Bertz CT molecular complexity index is 777. The van der Waals surface area contributed by atoms with Crippen molar-refractivity contribution in [1.82, 2.24) is 9.80 Å². The number of carbonyl (C=O) groups excluding carboxylic acids is 2. The number of hydrogen-bond acceptors (Lipinski definition) is 3. The lowest BCUT2D eigenvalue weighted by molar-refractivity contribution is -0.132. The number of amides is 2. The number of hydrogen-bond donors (Lipinski definition) is 0. The summed E-state index contributed by atoms with van der Waals surface area (Å²) in [5.74, 6) is 0.317. The van der Waals surface area contributed by atoms with Crippen LogP contribution in [0.4, 0.5) is 0 Å². The normalized spacial score (nSPS) is 14.4. The highest BCUT2D eigenvalue weighted by atomic mass is 32.1. The number of benzene rings is 1. The van der Waals surface area contributed by atoms with Gasteiger partial charge in [0.2, 0.25) is 5.91 Å². The Morgan fingerprint density at radius 1 is 1.04 bits per heavy atom. The molecular formula is C22H28N2O2S. The van der Waals surface area contributed by atoms with Gasteiger partial charge in [-0.3, -0.25) is 9.59 Å². The van der Waals surface area contributed by atoms with Gasteiger partial charge >= 0.3 is 0 Å². The molecule has 1 aromatic carbocycles. The van der Waals surface area contributed by atoms with E-state index in [1.807, 2.05) is 34.1 Å². The zero-order chi connectivity index (χ0) is 19.2. The van der Waals surface area contributed by atoms with Crippen molar-refractivity contribution in [3.05, 3.63) is 57.3 Å². The van der Waals surface area contributed by atoms with Gasteiger partial charge in [-0.25, -0.2) is 0 Å². The fourth-order valence-corrected chi connectivity index (χ4v) is 4.62. The summed E-state index contributed by atoms with van der Waals surface area (Å²) in [5, 5.41) is 0. The third-order valence-corrected chi connectivity index (χ3v) is 6.31. The van der Waals surface area contributed by atoms with Crippen LogP contribution in [0.15, 0.2) is 36.4 Å². The first kappa shape index (κ1) is 19.6. The van der Waals surface area contributed by atoms with Gasteiger partial charge in [0.25, 0.3) is 5.91 Å². The van der Waals surface area contributed by atoms with Crippen LogP contribution in [0.5, 0.6) is 0 Å². The topological polar surface area (TPSA) is 40.6 Å². The van der Waals surface area contributed by atoms with Crippen LogP contribution >= 0.6 is 11.3 Å². The average Bonchev–Trinajstić information content (AvgIpc) is 3.09. The summed E-state index contributed by atoms with van der Waals surface area (Å²) in [4.78, 5) is 31.0. The number of aryl methyl sites for hydroxylation is 3. The molecule has 0 radical (unpaired) electrons. The van der Waals surface area contributed by atoms with E-state index in [0.717, 1.165) is 24.1 Å². The van der Waals surface area contributed by atoms with E-state index < -0.39 is 0 Å². The lowest BCUT2D eigenvalue weighted by Gasteiger charge is -2.34. The van der Waals surface area contributed by atoms with Crippen LogP contribution < -0.4 is 0 Å². The second kappa shape index (κ2) is 9.18. The maximum atomic E-state index is 12.7. The number of nitrogens with zero attached hydrogens (tertiary/aromatic N) is 2. The Morgan fingerprint density at radius 3 is 2.33 bits per heavy atom. The molecule has 0 N–H and O–H groups in total. The molecule has 0 saturated carbocycles. The third-order valence-electron chi connectivity index (χ3n) is 5.23. The van der Waals surface area contributed by atoms with Crippen LogP contribution in [0.2, 0.25) is 0 Å².